The van der Waals surface area contributed by atoms with E-state index in [4.69, 9.17) is 16.3 Å². The predicted molar refractivity (Wildman–Crippen MR) is 131 cm³/mol. The van der Waals surface area contributed by atoms with E-state index in [1.54, 1.807) is 0 Å². The Kier molecular flexibility index (Phi) is 8.73. The van der Waals surface area contributed by atoms with Gasteiger partial charge in [-0.3, -0.25) is 9.36 Å². The Morgan fingerprint density at radius 2 is 1.97 bits per heavy atom. The lowest BCUT2D eigenvalue weighted by atomic mass is 10.1. The summed E-state index contributed by atoms with van der Waals surface area (Å²) in [4.78, 5) is 12.4. The number of hydrogen-bond donors (Lipinski definition) is 1. The fraction of sp³-hybridized carbons (Fsp3) is 0.375. The minimum atomic E-state index is -0.0469. The molecule has 0 aliphatic carbocycles. The van der Waals surface area contributed by atoms with Crippen LogP contribution in [0.5, 0.6) is 0 Å². The molecular weight excluding hydrogens is 444 g/mol. The first-order valence-electron chi connectivity index (χ1n) is 10.7. The zero-order valence-corrected chi connectivity index (χ0v) is 20.5. The molecule has 2 aromatic carbocycles. The number of ether oxygens (including phenoxy) is 1. The molecule has 0 radical (unpaired) electrons. The largest absolute Gasteiger partial charge is 0.379 e. The molecule has 1 aromatic heterocycles. The maximum Gasteiger partial charge on any atom is 0.230 e. The van der Waals surface area contributed by atoms with E-state index in [0.29, 0.717) is 29.2 Å². The van der Waals surface area contributed by atoms with E-state index in [-0.39, 0.29) is 17.8 Å². The van der Waals surface area contributed by atoms with Crippen LogP contribution in [0.15, 0.2) is 47.6 Å². The summed E-state index contributed by atoms with van der Waals surface area (Å²) in [5.41, 5.74) is 3.98. The maximum atomic E-state index is 12.4. The smallest absolute Gasteiger partial charge is 0.230 e. The van der Waals surface area contributed by atoms with Gasteiger partial charge in [0, 0.05) is 18.7 Å². The summed E-state index contributed by atoms with van der Waals surface area (Å²) in [6, 6.07) is 13.8. The Morgan fingerprint density at radius 3 is 2.72 bits per heavy atom. The third-order valence-corrected chi connectivity index (χ3v) is 6.04. The second kappa shape index (κ2) is 11.5. The van der Waals surface area contributed by atoms with Gasteiger partial charge >= 0.3 is 0 Å². The number of nitrogens with one attached hydrogen (secondary N) is 1. The molecule has 1 N–H and O–H groups in total. The second-order valence-electron chi connectivity index (χ2n) is 7.82. The first-order valence-corrected chi connectivity index (χ1v) is 12.0. The highest BCUT2D eigenvalue weighted by Crippen LogP contribution is 2.33. The zero-order chi connectivity index (χ0) is 23.1. The Labute approximate surface area is 198 Å². The number of benzene rings is 2. The number of carbonyl (C=O) groups is 1. The average Bonchev–Trinajstić information content (AvgIpc) is 3.17. The van der Waals surface area contributed by atoms with Crippen LogP contribution in [-0.4, -0.2) is 45.7 Å². The van der Waals surface area contributed by atoms with Crippen LogP contribution in [0.1, 0.15) is 31.4 Å². The highest BCUT2D eigenvalue weighted by molar-refractivity contribution is 7.99. The van der Waals surface area contributed by atoms with Gasteiger partial charge in [-0.1, -0.05) is 47.6 Å². The van der Waals surface area contributed by atoms with Crippen molar-refractivity contribution in [1.29, 1.82) is 0 Å². The van der Waals surface area contributed by atoms with E-state index in [2.05, 4.69) is 33.7 Å². The maximum absolute atomic E-state index is 12.4. The van der Waals surface area contributed by atoms with Crippen molar-refractivity contribution in [1.82, 2.24) is 20.1 Å². The summed E-state index contributed by atoms with van der Waals surface area (Å²) in [6.07, 6.45) is 0.981. The van der Waals surface area contributed by atoms with Crippen molar-refractivity contribution < 1.29 is 9.53 Å². The van der Waals surface area contributed by atoms with Crippen molar-refractivity contribution in [2.24, 2.45) is 0 Å². The fourth-order valence-electron chi connectivity index (χ4n) is 3.16. The molecule has 0 bridgehead atoms. The summed E-state index contributed by atoms with van der Waals surface area (Å²) in [6.45, 7) is 9.31. The molecule has 0 saturated heterocycles. The number of carbonyl (C=O) groups excluding carboxylic acids is 1. The van der Waals surface area contributed by atoms with Crippen LogP contribution in [-0.2, 0) is 9.53 Å². The highest BCUT2D eigenvalue weighted by Gasteiger charge is 2.20. The third kappa shape index (κ3) is 6.34. The summed E-state index contributed by atoms with van der Waals surface area (Å²) in [5, 5.41) is 13.0. The number of halogens is 1. The molecule has 0 atom stereocenters. The minimum absolute atomic E-state index is 0.0469. The summed E-state index contributed by atoms with van der Waals surface area (Å²) in [5.74, 6) is 0.851. The highest BCUT2D eigenvalue weighted by atomic mass is 35.5. The monoisotopic (exact) mass is 472 g/mol. The molecule has 0 spiro atoms. The molecule has 32 heavy (non-hydrogen) atoms. The molecule has 1 heterocycles. The summed E-state index contributed by atoms with van der Waals surface area (Å²) in [7, 11) is 0. The Bertz CT molecular complexity index is 1070. The van der Waals surface area contributed by atoms with Crippen molar-refractivity contribution in [2.45, 2.75) is 45.4 Å². The number of rotatable bonds is 10. The van der Waals surface area contributed by atoms with Gasteiger partial charge in [-0.15, -0.1) is 10.2 Å². The second-order valence-corrected chi connectivity index (χ2v) is 9.17. The third-order valence-electron chi connectivity index (χ3n) is 4.78. The lowest BCUT2D eigenvalue weighted by Crippen LogP contribution is -2.27. The van der Waals surface area contributed by atoms with Crippen LogP contribution >= 0.6 is 23.4 Å². The molecule has 0 fully saturated rings. The minimum Gasteiger partial charge on any atom is -0.379 e. The van der Waals surface area contributed by atoms with Crippen molar-refractivity contribution in [3.8, 4) is 17.1 Å². The number of hydrogen-bond acceptors (Lipinski definition) is 5. The Balaban J connectivity index is 1.80. The molecule has 0 aliphatic heterocycles. The van der Waals surface area contributed by atoms with Crippen molar-refractivity contribution in [3.63, 3.8) is 0 Å². The molecule has 8 heteroatoms. The summed E-state index contributed by atoms with van der Waals surface area (Å²) >= 11 is 7.82. The van der Waals surface area contributed by atoms with Crippen LogP contribution < -0.4 is 5.32 Å². The van der Waals surface area contributed by atoms with Gasteiger partial charge in [0.05, 0.1) is 22.6 Å². The molecule has 6 nitrogen and oxygen atoms in total. The van der Waals surface area contributed by atoms with Gasteiger partial charge in [-0.25, -0.2) is 0 Å². The topological polar surface area (TPSA) is 69.0 Å². The van der Waals surface area contributed by atoms with E-state index in [9.17, 15) is 4.79 Å². The number of amides is 1. The molecule has 0 aliphatic rings. The SMILES string of the molecule is Cc1ccc(C)c(-n2c(SCC(=O)NCCCOC(C)C)nnc2-c2ccccc2Cl)c1. The van der Waals surface area contributed by atoms with Gasteiger partial charge in [0.15, 0.2) is 11.0 Å². The van der Waals surface area contributed by atoms with Gasteiger partial charge in [0.25, 0.3) is 0 Å². The van der Waals surface area contributed by atoms with Crippen LogP contribution in [0.4, 0.5) is 0 Å². The summed E-state index contributed by atoms with van der Waals surface area (Å²) < 4.78 is 7.49. The van der Waals surface area contributed by atoms with Crippen molar-refractivity contribution in [3.05, 3.63) is 58.6 Å². The molecule has 170 valence electrons. The van der Waals surface area contributed by atoms with Gasteiger partial charge in [0.2, 0.25) is 5.91 Å². The number of thioether (sulfide) groups is 1. The van der Waals surface area contributed by atoms with E-state index < -0.39 is 0 Å². The van der Waals surface area contributed by atoms with Crippen molar-refractivity contribution in [2.75, 3.05) is 18.9 Å². The van der Waals surface area contributed by atoms with Gasteiger partial charge < -0.3 is 10.1 Å². The molecule has 0 unspecified atom stereocenters. The van der Waals surface area contributed by atoms with E-state index in [1.165, 1.54) is 11.8 Å². The van der Waals surface area contributed by atoms with Crippen LogP contribution in [0.25, 0.3) is 17.1 Å². The van der Waals surface area contributed by atoms with E-state index >= 15 is 0 Å². The Hall–Kier alpha value is -2.35. The van der Waals surface area contributed by atoms with Crippen LogP contribution in [0.2, 0.25) is 5.02 Å². The lowest BCUT2D eigenvalue weighted by molar-refractivity contribution is -0.118. The van der Waals surface area contributed by atoms with Gasteiger partial charge in [-0.05, 0) is 63.4 Å². The van der Waals surface area contributed by atoms with Crippen LogP contribution in [0.3, 0.4) is 0 Å². The fourth-order valence-corrected chi connectivity index (χ4v) is 4.15. The van der Waals surface area contributed by atoms with E-state index in [0.717, 1.165) is 28.8 Å². The average molecular weight is 473 g/mol. The Morgan fingerprint density at radius 1 is 1.19 bits per heavy atom. The quantitative estimate of drug-likeness (QED) is 0.323. The lowest BCUT2D eigenvalue weighted by Gasteiger charge is -2.14. The first kappa shape index (κ1) is 24.3. The standard InChI is InChI=1S/C24H29ClN4O2S/c1-16(2)31-13-7-12-26-22(30)15-32-24-28-27-23(19-8-5-6-9-20(19)25)29(24)21-14-17(3)10-11-18(21)4/h5-6,8-11,14,16H,7,12-13,15H2,1-4H3,(H,26,30). The van der Waals surface area contributed by atoms with Crippen molar-refractivity contribution >= 4 is 29.3 Å². The molecule has 0 saturated carbocycles. The number of aromatic nitrogens is 3. The van der Waals surface area contributed by atoms with Gasteiger partial charge in [-0.2, -0.15) is 0 Å². The van der Waals surface area contributed by atoms with Gasteiger partial charge in [0.1, 0.15) is 0 Å². The van der Waals surface area contributed by atoms with E-state index in [1.807, 2.05) is 56.5 Å². The number of aryl methyl sites for hydroxylation is 2. The predicted octanol–water partition coefficient (Wildman–Crippen LogP) is 5.23. The molecule has 1 amide bonds. The molecule has 3 aromatic rings. The first-order chi connectivity index (χ1) is 15.4. The molecular formula is C24H29ClN4O2S. The molecule has 3 rings (SSSR count). The zero-order valence-electron chi connectivity index (χ0n) is 18.9. The van der Waals surface area contributed by atoms with Crippen LogP contribution in [0, 0.1) is 13.8 Å². The normalized spacial score (nSPS) is 11.2. The number of nitrogens with zero attached hydrogens (tertiary/aromatic N) is 3.